The van der Waals surface area contributed by atoms with Crippen LogP contribution < -0.4 is 5.73 Å². The predicted octanol–water partition coefficient (Wildman–Crippen LogP) is 0.426. The summed E-state index contributed by atoms with van der Waals surface area (Å²) in [5.41, 5.74) is 5.22. The average Bonchev–Trinajstić information content (AvgIpc) is 2.74. The molecule has 88 valence electrons. The monoisotopic (exact) mass is 227 g/mol. The van der Waals surface area contributed by atoms with Gasteiger partial charge in [-0.25, -0.2) is 14.2 Å². The van der Waals surface area contributed by atoms with Crippen LogP contribution >= 0.6 is 0 Å². The second kappa shape index (κ2) is 3.55. The third-order valence-corrected chi connectivity index (χ3v) is 3.12. The van der Waals surface area contributed by atoms with Crippen LogP contribution in [0.1, 0.15) is 24.7 Å². The molecule has 1 aromatic rings. The molecular weight excluding hydrogens is 213 g/mol. The van der Waals surface area contributed by atoms with Crippen molar-refractivity contribution in [3.63, 3.8) is 0 Å². The van der Waals surface area contributed by atoms with Gasteiger partial charge in [-0.3, -0.25) is 0 Å². The molecular formula is C10H14FN3O2. The van der Waals surface area contributed by atoms with Crippen molar-refractivity contribution in [1.82, 2.24) is 9.55 Å². The molecule has 0 bridgehead atoms. The summed E-state index contributed by atoms with van der Waals surface area (Å²) in [6.45, 7) is 1.92. The second-order valence-corrected chi connectivity index (χ2v) is 4.12. The zero-order valence-electron chi connectivity index (χ0n) is 8.98. The van der Waals surface area contributed by atoms with E-state index in [4.69, 9.17) is 10.8 Å². The van der Waals surface area contributed by atoms with E-state index in [0.29, 0.717) is 11.4 Å². The summed E-state index contributed by atoms with van der Waals surface area (Å²) >= 11 is 0. The van der Waals surface area contributed by atoms with E-state index in [2.05, 4.69) is 4.98 Å². The van der Waals surface area contributed by atoms with E-state index in [-0.39, 0.29) is 19.4 Å². The lowest BCUT2D eigenvalue weighted by molar-refractivity contribution is -0.144. The fraction of sp³-hybridized carbons (Fsp3) is 0.600. The lowest BCUT2D eigenvalue weighted by Crippen LogP contribution is -2.45. The topological polar surface area (TPSA) is 81.1 Å². The smallest absolute Gasteiger partial charge is 0.330 e. The summed E-state index contributed by atoms with van der Waals surface area (Å²) in [4.78, 5) is 15.2. The first-order chi connectivity index (χ1) is 7.49. The van der Waals surface area contributed by atoms with Gasteiger partial charge in [-0.05, 0) is 6.42 Å². The Kier molecular flexibility index (Phi) is 2.46. The van der Waals surface area contributed by atoms with E-state index in [9.17, 15) is 9.18 Å². The molecule has 0 saturated carbocycles. The average molecular weight is 227 g/mol. The summed E-state index contributed by atoms with van der Waals surface area (Å²) in [5.74, 6) is -1.13. The largest absolute Gasteiger partial charge is 0.480 e. The van der Waals surface area contributed by atoms with Crippen molar-refractivity contribution < 1.29 is 14.3 Å². The molecule has 0 fully saturated rings. The van der Waals surface area contributed by atoms with Gasteiger partial charge >= 0.3 is 5.97 Å². The van der Waals surface area contributed by atoms with Gasteiger partial charge in [0.1, 0.15) is 6.17 Å². The number of aromatic nitrogens is 2. The molecule has 1 aliphatic rings. The molecule has 0 spiro atoms. The molecule has 5 nitrogen and oxygen atoms in total. The highest BCUT2D eigenvalue weighted by molar-refractivity contribution is 5.80. The zero-order valence-corrected chi connectivity index (χ0v) is 8.98. The first-order valence-corrected chi connectivity index (χ1v) is 5.20. The molecule has 0 amide bonds. The normalized spacial score (nSPS) is 22.8. The minimum atomic E-state index is -1.51. The number of hydrogen-bond donors (Lipinski definition) is 2. The number of nitrogens with zero attached hydrogens (tertiary/aromatic N) is 2. The zero-order chi connectivity index (χ0) is 11.9. The fourth-order valence-electron chi connectivity index (χ4n) is 2.06. The molecule has 1 unspecified atom stereocenters. The minimum Gasteiger partial charge on any atom is -0.480 e. The van der Waals surface area contributed by atoms with Crippen LogP contribution in [-0.2, 0) is 23.3 Å². The summed E-state index contributed by atoms with van der Waals surface area (Å²) < 4.78 is 14.8. The van der Waals surface area contributed by atoms with Crippen molar-refractivity contribution in [3.8, 4) is 0 Å². The van der Waals surface area contributed by atoms with E-state index in [1.165, 1.54) is 6.33 Å². The molecule has 16 heavy (non-hydrogen) atoms. The molecule has 0 radical (unpaired) electrons. The number of alkyl halides is 1. The molecule has 1 aliphatic heterocycles. The van der Waals surface area contributed by atoms with Gasteiger partial charge in [0, 0.05) is 12.1 Å². The molecule has 6 heteroatoms. The third kappa shape index (κ3) is 1.41. The number of fused-ring (bicyclic) bond motifs is 1. The van der Waals surface area contributed by atoms with Gasteiger partial charge in [0.25, 0.3) is 0 Å². The Balaban J connectivity index is 2.46. The van der Waals surface area contributed by atoms with Gasteiger partial charge in [-0.2, -0.15) is 0 Å². The minimum absolute atomic E-state index is 0.196. The van der Waals surface area contributed by atoms with Crippen LogP contribution in [0.25, 0.3) is 0 Å². The summed E-state index contributed by atoms with van der Waals surface area (Å²) in [7, 11) is 0. The quantitative estimate of drug-likeness (QED) is 0.784. The fourth-order valence-corrected chi connectivity index (χ4v) is 2.06. The van der Waals surface area contributed by atoms with Gasteiger partial charge in [0.2, 0.25) is 0 Å². The molecule has 0 aliphatic carbocycles. The number of imidazole rings is 1. The number of nitrogens with two attached hydrogens (primary N) is 1. The maximum Gasteiger partial charge on any atom is 0.330 e. The molecule has 0 aromatic carbocycles. The van der Waals surface area contributed by atoms with Crippen LogP contribution in [0.2, 0.25) is 0 Å². The number of hydrogen-bond acceptors (Lipinski definition) is 3. The number of rotatable bonds is 3. The van der Waals surface area contributed by atoms with Crippen molar-refractivity contribution in [2.75, 3.05) is 0 Å². The van der Waals surface area contributed by atoms with Crippen molar-refractivity contribution in [3.05, 3.63) is 17.7 Å². The first-order valence-electron chi connectivity index (χ1n) is 5.20. The van der Waals surface area contributed by atoms with Crippen molar-refractivity contribution >= 4 is 5.97 Å². The van der Waals surface area contributed by atoms with Crippen molar-refractivity contribution in [2.24, 2.45) is 5.73 Å². The van der Waals surface area contributed by atoms with E-state index in [1.807, 2.05) is 0 Å². The molecule has 2 rings (SSSR count). The molecule has 0 saturated heterocycles. The summed E-state index contributed by atoms with van der Waals surface area (Å²) in [6.07, 6.45) is 0.918. The summed E-state index contributed by atoms with van der Waals surface area (Å²) in [5, 5.41) is 9.13. The van der Waals surface area contributed by atoms with Crippen LogP contribution in [-0.4, -0.2) is 26.8 Å². The number of carboxylic acid groups (broad SMARTS) is 1. The number of carboxylic acids is 1. The maximum absolute atomic E-state index is 13.2. The number of halogens is 1. The first kappa shape index (κ1) is 11.1. The van der Waals surface area contributed by atoms with Gasteiger partial charge < -0.3 is 15.4 Å². The highest BCUT2D eigenvalue weighted by Gasteiger charge is 2.41. The number of aliphatic carboxylic acids is 1. The van der Waals surface area contributed by atoms with E-state index in [1.54, 1.807) is 11.5 Å². The van der Waals surface area contributed by atoms with Gasteiger partial charge in [0.15, 0.2) is 5.54 Å². The Hall–Kier alpha value is -1.43. The Morgan fingerprint density at radius 1 is 1.88 bits per heavy atom. The lowest BCUT2D eigenvalue weighted by Gasteiger charge is -2.21. The third-order valence-electron chi connectivity index (χ3n) is 3.12. The van der Waals surface area contributed by atoms with E-state index < -0.39 is 17.7 Å². The second-order valence-electron chi connectivity index (χ2n) is 4.12. The maximum atomic E-state index is 13.2. The van der Waals surface area contributed by atoms with Crippen LogP contribution in [0.5, 0.6) is 0 Å². The predicted molar refractivity (Wildman–Crippen MR) is 54.6 cm³/mol. The Morgan fingerprint density at radius 2 is 2.56 bits per heavy atom. The van der Waals surface area contributed by atoms with Crippen LogP contribution in [0, 0.1) is 0 Å². The highest BCUT2D eigenvalue weighted by atomic mass is 19.1. The summed E-state index contributed by atoms with van der Waals surface area (Å²) in [6, 6.07) is 0. The van der Waals surface area contributed by atoms with Crippen LogP contribution in [0.4, 0.5) is 4.39 Å². The SMILES string of the molecule is CCC(N)(C(=O)O)c1ncn2c1C[C@@H](F)C2. The van der Waals surface area contributed by atoms with Gasteiger partial charge in [-0.1, -0.05) is 6.92 Å². The van der Waals surface area contributed by atoms with Crippen molar-refractivity contribution in [1.29, 1.82) is 0 Å². The van der Waals surface area contributed by atoms with Gasteiger partial charge in [0.05, 0.1) is 18.6 Å². The van der Waals surface area contributed by atoms with Crippen molar-refractivity contribution in [2.45, 2.75) is 38.0 Å². The Bertz CT molecular complexity index is 432. The highest BCUT2D eigenvalue weighted by Crippen LogP contribution is 2.29. The Morgan fingerprint density at radius 3 is 3.12 bits per heavy atom. The number of carbonyl (C=O) groups is 1. The van der Waals surface area contributed by atoms with Crippen LogP contribution in [0.15, 0.2) is 6.33 Å². The molecule has 1 aromatic heterocycles. The molecule has 2 atom stereocenters. The Labute approximate surface area is 92.1 Å². The molecule has 3 N–H and O–H groups in total. The van der Waals surface area contributed by atoms with Gasteiger partial charge in [-0.15, -0.1) is 0 Å². The van der Waals surface area contributed by atoms with Crippen LogP contribution in [0.3, 0.4) is 0 Å². The lowest BCUT2D eigenvalue weighted by atomic mass is 9.91. The van der Waals surface area contributed by atoms with E-state index >= 15 is 0 Å². The van der Waals surface area contributed by atoms with E-state index in [0.717, 1.165) is 0 Å². The standard InChI is InChI=1S/C10H14FN3O2/c1-2-10(12,9(15)16)8-7-3-6(11)4-14(7)5-13-8/h5-6H,2-4,12H2,1H3,(H,15,16)/t6-,10?/m1/s1. The molecule has 2 heterocycles.